The number of amides is 1. The normalized spacial score (nSPS) is 24.0. The summed E-state index contributed by atoms with van der Waals surface area (Å²) >= 11 is 0. The third kappa shape index (κ3) is 2.59. The first kappa shape index (κ1) is 12.8. The number of carbonyl (C=O) groups excluding carboxylic acids is 1. The fraction of sp³-hybridized carbons (Fsp3) is 0.583. The van der Waals surface area contributed by atoms with Crippen LogP contribution < -0.4 is 10.6 Å². The van der Waals surface area contributed by atoms with Crippen molar-refractivity contribution in [3.8, 4) is 0 Å². The Morgan fingerprint density at radius 2 is 2.33 bits per heavy atom. The van der Waals surface area contributed by atoms with Crippen LogP contribution in [0.3, 0.4) is 0 Å². The number of morpholine rings is 1. The molecular formula is C12H18N4O2. The zero-order valence-corrected chi connectivity index (χ0v) is 10.7. The Morgan fingerprint density at radius 1 is 1.56 bits per heavy atom. The Labute approximate surface area is 106 Å². The molecule has 98 valence electrons. The lowest BCUT2D eigenvalue weighted by Crippen LogP contribution is -2.50. The molecule has 1 atom stereocenters. The van der Waals surface area contributed by atoms with Gasteiger partial charge in [0.2, 0.25) is 0 Å². The number of ether oxygens (including phenoxy) is 1. The summed E-state index contributed by atoms with van der Waals surface area (Å²) in [5, 5.41) is 7.86. The standard InChI is InChI=1S/C12H18N4O2/c1-3-12(2)8-16(6-7-18-12)10-5-4-9(11(13)17)14-15-10/h4-5H,3,6-8H2,1-2H3,(H2,13,17). The van der Waals surface area contributed by atoms with Crippen molar-refractivity contribution in [2.75, 3.05) is 24.6 Å². The molecule has 0 bridgehead atoms. The molecule has 2 N–H and O–H groups in total. The smallest absolute Gasteiger partial charge is 0.269 e. The van der Waals surface area contributed by atoms with Crippen molar-refractivity contribution in [2.24, 2.45) is 5.73 Å². The number of primary amides is 1. The van der Waals surface area contributed by atoms with Crippen LogP contribution in [0.15, 0.2) is 12.1 Å². The number of hydrogen-bond acceptors (Lipinski definition) is 5. The lowest BCUT2D eigenvalue weighted by molar-refractivity contribution is -0.0443. The molecule has 1 amide bonds. The molecule has 0 aliphatic carbocycles. The molecular weight excluding hydrogens is 232 g/mol. The molecule has 2 heterocycles. The summed E-state index contributed by atoms with van der Waals surface area (Å²) in [6.07, 6.45) is 0.941. The highest BCUT2D eigenvalue weighted by Crippen LogP contribution is 2.24. The quantitative estimate of drug-likeness (QED) is 0.848. The van der Waals surface area contributed by atoms with Gasteiger partial charge in [0.05, 0.1) is 12.2 Å². The Balaban J connectivity index is 2.14. The number of hydrogen-bond donors (Lipinski definition) is 1. The van der Waals surface area contributed by atoms with E-state index in [1.54, 1.807) is 12.1 Å². The number of anilines is 1. The van der Waals surface area contributed by atoms with Crippen LogP contribution in [-0.4, -0.2) is 41.4 Å². The van der Waals surface area contributed by atoms with Gasteiger partial charge in [-0.1, -0.05) is 6.92 Å². The van der Waals surface area contributed by atoms with E-state index in [9.17, 15) is 4.79 Å². The SMILES string of the molecule is CCC1(C)CN(c2ccc(C(N)=O)nn2)CCO1. The Morgan fingerprint density at radius 3 is 2.89 bits per heavy atom. The minimum atomic E-state index is -0.561. The average Bonchev–Trinajstić information content (AvgIpc) is 2.39. The van der Waals surface area contributed by atoms with E-state index in [-0.39, 0.29) is 11.3 Å². The minimum absolute atomic E-state index is 0.151. The van der Waals surface area contributed by atoms with Gasteiger partial charge < -0.3 is 15.4 Å². The first-order valence-corrected chi connectivity index (χ1v) is 6.06. The first-order valence-electron chi connectivity index (χ1n) is 6.06. The van der Waals surface area contributed by atoms with E-state index in [1.165, 1.54) is 0 Å². The molecule has 0 saturated carbocycles. The van der Waals surface area contributed by atoms with Gasteiger partial charge in [-0.2, -0.15) is 0 Å². The first-order chi connectivity index (χ1) is 8.54. The van der Waals surface area contributed by atoms with Crippen LogP contribution in [0.4, 0.5) is 5.82 Å². The highest BCUT2D eigenvalue weighted by Gasteiger charge is 2.31. The molecule has 18 heavy (non-hydrogen) atoms. The van der Waals surface area contributed by atoms with Crippen LogP contribution in [0.1, 0.15) is 30.8 Å². The third-order valence-electron chi connectivity index (χ3n) is 3.31. The molecule has 1 aromatic heterocycles. The second-order valence-electron chi connectivity index (χ2n) is 4.71. The summed E-state index contributed by atoms with van der Waals surface area (Å²) in [5.41, 5.74) is 5.17. The van der Waals surface area contributed by atoms with Crippen molar-refractivity contribution in [1.29, 1.82) is 0 Å². The van der Waals surface area contributed by atoms with Crippen LogP contribution >= 0.6 is 0 Å². The lowest BCUT2D eigenvalue weighted by atomic mass is 10.0. The fourth-order valence-electron chi connectivity index (χ4n) is 1.97. The maximum absolute atomic E-state index is 10.9. The number of nitrogens with zero attached hydrogens (tertiary/aromatic N) is 3. The van der Waals surface area contributed by atoms with Gasteiger partial charge in [-0.05, 0) is 25.5 Å². The van der Waals surface area contributed by atoms with Crippen LogP contribution in [0.2, 0.25) is 0 Å². The Hall–Kier alpha value is -1.69. The van der Waals surface area contributed by atoms with E-state index < -0.39 is 5.91 Å². The van der Waals surface area contributed by atoms with E-state index in [4.69, 9.17) is 10.5 Å². The van der Waals surface area contributed by atoms with Crippen LogP contribution in [0.25, 0.3) is 0 Å². The van der Waals surface area contributed by atoms with Gasteiger partial charge in [0.1, 0.15) is 0 Å². The average molecular weight is 250 g/mol. The number of carbonyl (C=O) groups is 1. The topological polar surface area (TPSA) is 81.3 Å². The zero-order valence-electron chi connectivity index (χ0n) is 10.7. The molecule has 1 aromatic rings. The Kier molecular flexibility index (Phi) is 3.47. The van der Waals surface area contributed by atoms with Crippen LogP contribution in [0.5, 0.6) is 0 Å². The van der Waals surface area contributed by atoms with Crippen molar-refractivity contribution in [1.82, 2.24) is 10.2 Å². The predicted octanol–water partition coefficient (Wildman–Crippen LogP) is 0.581. The molecule has 6 nitrogen and oxygen atoms in total. The third-order valence-corrected chi connectivity index (χ3v) is 3.31. The van der Waals surface area contributed by atoms with Gasteiger partial charge in [-0.25, -0.2) is 0 Å². The van der Waals surface area contributed by atoms with E-state index in [2.05, 4.69) is 28.9 Å². The zero-order chi connectivity index (χ0) is 13.2. The Bertz CT molecular complexity index is 434. The predicted molar refractivity (Wildman–Crippen MR) is 67.4 cm³/mol. The summed E-state index contributed by atoms with van der Waals surface area (Å²) in [6.45, 7) is 6.41. The monoisotopic (exact) mass is 250 g/mol. The molecule has 6 heteroatoms. The summed E-state index contributed by atoms with van der Waals surface area (Å²) in [6, 6.07) is 3.37. The van der Waals surface area contributed by atoms with Gasteiger partial charge in [-0.3, -0.25) is 4.79 Å². The van der Waals surface area contributed by atoms with Gasteiger partial charge in [0.15, 0.2) is 11.5 Å². The summed E-state index contributed by atoms with van der Waals surface area (Å²) in [7, 11) is 0. The summed E-state index contributed by atoms with van der Waals surface area (Å²) in [4.78, 5) is 13.0. The molecule has 0 spiro atoms. The van der Waals surface area contributed by atoms with Crippen molar-refractivity contribution < 1.29 is 9.53 Å². The molecule has 1 fully saturated rings. The highest BCUT2D eigenvalue weighted by molar-refractivity contribution is 5.90. The van der Waals surface area contributed by atoms with Gasteiger partial charge in [-0.15, -0.1) is 10.2 Å². The summed E-state index contributed by atoms with van der Waals surface area (Å²) < 4.78 is 5.76. The van der Waals surface area contributed by atoms with Gasteiger partial charge in [0.25, 0.3) is 5.91 Å². The highest BCUT2D eigenvalue weighted by atomic mass is 16.5. The molecule has 1 aliphatic rings. The molecule has 1 saturated heterocycles. The van der Waals surface area contributed by atoms with E-state index >= 15 is 0 Å². The van der Waals surface area contributed by atoms with Gasteiger partial charge in [0, 0.05) is 13.1 Å². The second kappa shape index (κ2) is 4.89. The van der Waals surface area contributed by atoms with Crippen LogP contribution in [-0.2, 0) is 4.74 Å². The second-order valence-corrected chi connectivity index (χ2v) is 4.71. The van der Waals surface area contributed by atoms with Crippen molar-refractivity contribution in [3.05, 3.63) is 17.8 Å². The van der Waals surface area contributed by atoms with Gasteiger partial charge >= 0.3 is 0 Å². The molecule has 0 aromatic carbocycles. The molecule has 2 rings (SSSR count). The molecule has 1 aliphatic heterocycles. The van der Waals surface area contributed by atoms with E-state index in [0.717, 1.165) is 25.3 Å². The van der Waals surface area contributed by atoms with Crippen LogP contribution in [0, 0.1) is 0 Å². The summed E-state index contributed by atoms with van der Waals surface area (Å²) in [5.74, 6) is 0.192. The maximum atomic E-state index is 10.9. The minimum Gasteiger partial charge on any atom is -0.372 e. The molecule has 0 radical (unpaired) electrons. The largest absolute Gasteiger partial charge is 0.372 e. The number of nitrogens with two attached hydrogens (primary N) is 1. The fourth-order valence-corrected chi connectivity index (χ4v) is 1.97. The van der Waals surface area contributed by atoms with Crippen molar-refractivity contribution in [2.45, 2.75) is 25.9 Å². The number of aromatic nitrogens is 2. The van der Waals surface area contributed by atoms with Crippen molar-refractivity contribution in [3.63, 3.8) is 0 Å². The maximum Gasteiger partial charge on any atom is 0.269 e. The van der Waals surface area contributed by atoms with Crippen molar-refractivity contribution >= 4 is 11.7 Å². The molecule has 1 unspecified atom stereocenters. The van der Waals surface area contributed by atoms with E-state index in [1.807, 2.05) is 0 Å². The number of rotatable bonds is 3. The van der Waals surface area contributed by atoms with E-state index in [0.29, 0.717) is 6.61 Å². The lowest BCUT2D eigenvalue weighted by Gasteiger charge is -2.40.